The summed E-state index contributed by atoms with van der Waals surface area (Å²) in [6.45, 7) is 1.05. The molecule has 3 rings (SSSR count). The normalized spacial score (nSPS) is 16.9. The maximum absolute atomic E-state index is 11.9. The highest BCUT2D eigenvalue weighted by Crippen LogP contribution is 2.33. The lowest BCUT2D eigenvalue weighted by atomic mass is 10.1. The third-order valence-corrected chi connectivity index (χ3v) is 3.30. The summed E-state index contributed by atoms with van der Waals surface area (Å²) in [7, 11) is 0. The molecular weight excluding hydrogens is 232 g/mol. The van der Waals surface area contributed by atoms with Gasteiger partial charge in [0.05, 0.1) is 0 Å². The molecule has 18 heavy (non-hydrogen) atoms. The predicted molar refractivity (Wildman–Crippen MR) is 65.1 cm³/mol. The van der Waals surface area contributed by atoms with E-state index in [1.807, 2.05) is 0 Å². The van der Waals surface area contributed by atoms with Gasteiger partial charge in [0.1, 0.15) is 6.61 Å². The van der Waals surface area contributed by atoms with Gasteiger partial charge in [-0.1, -0.05) is 12.8 Å². The minimum Gasteiger partial charge on any atom is -0.454 e. The van der Waals surface area contributed by atoms with Crippen LogP contribution < -0.4 is 9.47 Å². The van der Waals surface area contributed by atoms with E-state index < -0.39 is 0 Å². The van der Waals surface area contributed by atoms with Crippen LogP contribution in [0, 0.1) is 5.92 Å². The van der Waals surface area contributed by atoms with Crippen molar-refractivity contribution in [3.63, 3.8) is 0 Å². The third kappa shape index (κ3) is 2.64. The maximum atomic E-state index is 11.9. The summed E-state index contributed by atoms with van der Waals surface area (Å²) in [5.41, 5.74) is 0.616. The van der Waals surface area contributed by atoms with Gasteiger partial charge in [-0.05, 0) is 30.5 Å². The van der Waals surface area contributed by atoms with Crippen LogP contribution in [0.25, 0.3) is 0 Å². The number of benzene rings is 1. The number of ketones is 1. The molecule has 0 amide bonds. The lowest BCUT2D eigenvalue weighted by Gasteiger charge is -2.04. The van der Waals surface area contributed by atoms with Gasteiger partial charge < -0.3 is 14.2 Å². The summed E-state index contributed by atoms with van der Waals surface area (Å²) >= 11 is 0. The largest absolute Gasteiger partial charge is 0.454 e. The molecule has 0 atom stereocenters. The molecule has 0 spiro atoms. The van der Waals surface area contributed by atoms with Crippen molar-refractivity contribution in [3.05, 3.63) is 23.8 Å². The van der Waals surface area contributed by atoms with Crippen LogP contribution in [0.15, 0.2) is 18.2 Å². The minimum atomic E-state index is -0.0101. The molecule has 1 heterocycles. The van der Waals surface area contributed by atoms with Crippen LogP contribution in [0.4, 0.5) is 0 Å². The van der Waals surface area contributed by atoms with E-state index in [-0.39, 0.29) is 19.2 Å². The zero-order chi connectivity index (χ0) is 12.4. The molecule has 0 N–H and O–H groups in total. The first-order chi connectivity index (χ1) is 8.83. The van der Waals surface area contributed by atoms with E-state index in [9.17, 15) is 4.79 Å². The molecule has 0 saturated heterocycles. The van der Waals surface area contributed by atoms with Gasteiger partial charge in [0.2, 0.25) is 6.79 Å². The Kier molecular flexibility index (Phi) is 3.19. The summed E-state index contributed by atoms with van der Waals surface area (Å²) in [6, 6.07) is 5.23. The summed E-state index contributed by atoms with van der Waals surface area (Å²) < 4.78 is 15.8. The molecular formula is C14H16O4. The fraction of sp³-hybridized carbons (Fsp3) is 0.500. The highest BCUT2D eigenvalue weighted by molar-refractivity contribution is 5.97. The van der Waals surface area contributed by atoms with Gasteiger partial charge in [-0.25, -0.2) is 0 Å². The molecule has 1 aliphatic carbocycles. The lowest BCUT2D eigenvalue weighted by molar-refractivity contribution is 0.0748. The van der Waals surface area contributed by atoms with Crippen molar-refractivity contribution in [2.24, 2.45) is 5.92 Å². The van der Waals surface area contributed by atoms with Gasteiger partial charge in [-0.3, -0.25) is 4.79 Å². The van der Waals surface area contributed by atoms with Crippen LogP contribution in [0.2, 0.25) is 0 Å². The molecule has 0 radical (unpaired) electrons. The predicted octanol–water partition coefficient (Wildman–Crippen LogP) is 2.41. The molecule has 0 aromatic heterocycles. The Balaban J connectivity index is 1.51. The Morgan fingerprint density at radius 3 is 2.94 bits per heavy atom. The molecule has 1 fully saturated rings. The van der Waals surface area contributed by atoms with E-state index in [4.69, 9.17) is 14.2 Å². The first-order valence-electron chi connectivity index (χ1n) is 6.33. The van der Waals surface area contributed by atoms with Crippen LogP contribution in [0.5, 0.6) is 11.5 Å². The van der Waals surface area contributed by atoms with Crippen molar-refractivity contribution in [2.75, 3.05) is 20.0 Å². The zero-order valence-electron chi connectivity index (χ0n) is 10.2. The molecule has 1 aliphatic heterocycles. The fourth-order valence-corrected chi connectivity index (χ4v) is 1.97. The first-order valence-corrected chi connectivity index (χ1v) is 6.33. The van der Waals surface area contributed by atoms with Gasteiger partial charge in [-0.2, -0.15) is 0 Å². The van der Waals surface area contributed by atoms with E-state index in [1.165, 1.54) is 12.8 Å². The topological polar surface area (TPSA) is 44.8 Å². The molecule has 1 aromatic rings. The van der Waals surface area contributed by atoms with Crippen LogP contribution in [-0.4, -0.2) is 25.8 Å². The highest BCUT2D eigenvalue weighted by Gasteiger charge is 2.21. The van der Waals surface area contributed by atoms with E-state index in [1.54, 1.807) is 18.2 Å². The summed E-state index contributed by atoms with van der Waals surface area (Å²) in [5, 5.41) is 0. The summed E-state index contributed by atoms with van der Waals surface area (Å²) in [6.07, 6.45) is 3.72. The molecule has 4 heteroatoms. The molecule has 1 aromatic carbocycles. The molecule has 4 nitrogen and oxygen atoms in total. The number of hydrogen-bond donors (Lipinski definition) is 0. The number of ether oxygens (including phenoxy) is 3. The summed E-state index contributed by atoms with van der Waals surface area (Å²) in [4.78, 5) is 11.9. The van der Waals surface area contributed by atoms with Gasteiger partial charge >= 0.3 is 0 Å². The average Bonchev–Trinajstić information content (AvgIpc) is 3.09. The van der Waals surface area contributed by atoms with Crippen molar-refractivity contribution >= 4 is 5.78 Å². The Labute approximate surface area is 106 Å². The van der Waals surface area contributed by atoms with Crippen molar-refractivity contribution in [3.8, 4) is 11.5 Å². The van der Waals surface area contributed by atoms with Crippen molar-refractivity contribution in [1.82, 2.24) is 0 Å². The minimum absolute atomic E-state index is 0.0101. The van der Waals surface area contributed by atoms with E-state index in [2.05, 4.69) is 0 Å². The SMILES string of the molecule is O=C(COCCC1CC1)c1ccc2c(c1)OCO2. The third-order valence-electron chi connectivity index (χ3n) is 3.30. The van der Waals surface area contributed by atoms with Gasteiger partial charge in [-0.15, -0.1) is 0 Å². The Morgan fingerprint density at radius 2 is 2.11 bits per heavy atom. The second-order valence-corrected chi connectivity index (χ2v) is 4.78. The highest BCUT2D eigenvalue weighted by atomic mass is 16.7. The smallest absolute Gasteiger partial charge is 0.231 e. The van der Waals surface area contributed by atoms with Gasteiger partial charge in [0.25, 0.3) is 0 Å². The molecule has 0 unspecified atom stereocenters. The quantitative estimate of drug-likeness (QED) is 0.573. The monoisotopic (exact) mass is 248 g/mol. The molecule has 1 saturated carbocycles. The Morgan fingerprint density at radius 1 is 1.28 bits per heavy atom. The number of fused-ring (bicyclic) bond motifs is 1. The number of hydrogen-bond acceptors (Lipinski definition) is 4. The van der Waals surface area contributed by atoms with Crippen molar-refractivity contribution in [2.45, 2.75) is 19.3 Å². The summed E-state index contributed by atoms with van der Waals surface area (Å²) in [5.74, 6) is 2.16. The number of Topliss-reactive ketones (excluding diaryl/α,β-unsaturated/α-hetero) is 1. The number of rotatable bonds is 6. The van der Waals surface area contributed by atoms with Crippen LogP contribution >= 0.6 is 0 Å². The molecule has 96 valence electrons. The van der Waals surface area contributed by atoms with Gasteiger partial charge in [0, 0.05) is 12.2 Å². The maximum Gasteiger partial charge on any atom is 0.231 e. The lowest BCUT2D eigenvalue weighted by Crippen LogP contribution is -2.10. The number of carbonyl (C=O) groups is 1. The zero-order valence-corrected chi connectivity index (χ0v) is 10.2. The average molecular weight is 248 g/mol. The second kappa shape index (κ2) is 4.98. The van der Waals surface area contributed by atoms with Crippen LogP contribution in [0.3, 0.4) is 0 Å². The second-order valence-electron chi connectivity index (χ2n) is 4.78. The van der Waals surface area contributed by atoms with Crippen molar-refractivity contribution in [1.29, 1.82) is 0 Å². The molecule has 0 bridgehead atoms. The number of carbonyl (C=O) groups excluding carboxylic acids is 1. The van der Waals surface area contributed by atoms with Crippen LogP contribution in [0.1, 0.15) is 29.6 Å². The van der Waals surface area contributed by atoms with E-state index in [0.29, 0.717) is 23.7 Å². The van der Waals surface area contributed by atoms with Crippen LogP contribution in [-0.2, 0) is 4.74 Å². The van der Waals surface area contributed by atoms with E-state index in [0.717, 1.165) is 12.3 Å². The van der Waals surface area contributed by atoms with Crippen molar-refractivity contribution < 1.29 is 19.0 Å². The van der Waals surface area contributed by atoms with E-state index >= 15 is 0 Å². The Bertz CT molecular complexity index is 451. The van der Waals surface area contributed by atoms with Gasteiger partial charge in [0.15, 0.2) is 17.3 Å². The Hall–Kier alpha value is -1.55. The first kappa shape index (κ1) is 11.5. The molecule has 2 aliphatic rings. The fourth-order valence-electron chi connectivity index (χ4n) is 1.97. The standard InChI is InChI=1S/C14H16O4/c15-12(8-16-6-5-10-1-2-10)11-3-4-13-14(7-11)18-9-17-13/h3-4,7,10H,1-2,5-6,8-9H2.